The summed E-state index contributed by atoms with van der Waals surface area (Å²) in [6.07, 6.45) is 3.83. The maximum atomic E-state index is 7.61. The van der Waals surface area contributed by atoms with Crippen molar-refractivity contribution in [1.82, 2.24) is 0 Å². The highest BCUT2D eigenvalue weighted by atomic mass is 17.1. The largest absolute Gasteiger partial charge is 0.349 e. The number of hydrogen-bond donors (Lipinski definition) is 1. The first-order valence-corrected chi connectivity index (χ1v) is 1.87. The van der Waals surface area contributed by atoms with E-state index in [1.54, 1.807) is 6.08 Å². The van der Waals surface area contributed by atoms with E-state index in [2.05, 4.69) is 4.89 Å². The third-order valence-corrected chi connectivity index (χ3v) is 0.393. The molecule has 0 saturated carbocycles. The topological polar surface area (TPSA) is 29.5 Å². The molecular formula is C4H8O2. The van der Waals surface area contributed by atoms with Gasteiger partial charge in [-0.2, -0.15) is 0 Å². The summed E-state index contributed by atoms with van der Waals surface area (Å²) < 4.78 is 0. The molecule has 0 saturated heterocycles. The Labute approximate surface area is 37.0 Å². The van der Waals surface area contributed by atoms with Crippen LogP contribution in [-0.4, -0.2) is 5.26 Å². The second kappa shape index (κ2) is 4.50. The molecule has 0 aromatic rings. The minimum absolute atomic E-state index is 0.889. The van der Waals surface area contributed by atoms with Gasteiger partial charge in [0.15, 0.2) is 0 Å². The molecule has 0 aromatic carbocycles. The molecule has 0 fully saturated rings. The molecule has 0 bridgehead atoms. The van der Waals surface area contributed by atoms with Gasteiger partial charge < -0.3 is 4.89 Å². The van der Waals surface area contributed by atoms with Gasteiger partial charge in [-0.25, -0.2) is 5.26 Å². The van der Waals surface area contributed by atoms with Crippen LogP contribution in [0.15, 0.2) is 12.3 Å². The molecule has 0 aliphatic rings. The lowest BCUT2D eigenvalue weighted by Gasteiger charge is -1.76. The van der Waals surface area contributed by atoms with Gasteiger partial charge in [0.25, 0.3) is 0 Å². The van der Waals surface area contributed by atoms with Gasteiger partial charge in [0.1, 0.15) is 6.26 Å². The lowest BCUT2D eigenvalue weighted by Crippen LogP contribution is -1.62. The first kappa shape index (κ1) is 5.50. The Morgan fingerprint density at radius 2 is 2.50 bits per heavy atom. The lowest BCUT2D eigenvalue weighted by molar-refractivity contribution is -0.186. The molecule has 2 nitrogen and oxygen atoms in total. The van der Waals surface area contributed by atoms with Crippen molar-refractivity contribution >= 4 is 0 Å². The van der Waals surface area contributed by atoms with Crippen LogP contribution in [0.3, 0.4) is 0 Å². The number of allylic oxidation sites excluding steroid dienone is 1. The zero-order chi connectivity index (χ0) is 4.83. The Balaban J connectivity index is 2.73. The molecule has 0 aliphatic heterocycles. The quantitative estimate of drug-likeness (QED) is 0.314. The summed E-state index contributed by atoms with van der Waals surface area (Å²) in [7, 11) is 0. The molecule has 0 aromatic heterocycles. The minimum atomic E-state index is 0.889. The molecule has 0 aliphatic carbocycles. The van der Waals surface area contributed by atoms with Crippen LogP contribution in [0.5, 0.6) is 0 Å². The van der Waals surface area contributed by atoms with Gasteiger partial charge in [-0.15, -0.1) is 0 Å². The van der Waals surface area contributed by atoms with Gasteiger partial charge in [0.2, 0.25) is 0 Å². The summed E-state index contributed by atoms with van der Waals surface area (Å²) in [5.41, 5.74) is 0. The molecule has 0 radical (unpaired) electrons. The van der Waals surface area contributed by atoms with E-state index in [1.165, 1.54) is 6.26 Å². The zero-order valence-corrected chi connectivity index (χ0v) is 3.72. The van der Waals surface area contributed by atoms with E-state index in [1.807, 2.05) is 6.92 Å². The molecule has 0 atom stereocenters. The average Bonchev–Trinajstić information content (AvgIpc) is 1.61. The van der Waals surface area contributed by atoms with Crippen LogP contribution in [0, 0.1) is 0 Å². The summed E-state index contributed by atoms with van der Waals surface area (Å²) in [6, 6.07) is 0. The van der Waals surface area contributed by atoms with Crippen LogP contribution >= 0.6 is 0 Å². The van der Waals surface area contributed by atoms with E-state index in [9.17, 15) is 0 Å². The first-order chi connectivity index (χ1) is 2.91. The Hall–Kier alpha value is -0.500. The first-order valence-electron chi connectivity index (χ1n) is 1.87. The van der Waals surface area contributed by atoms with Gasteiger partial charge in [0, 0.05) is 0 Å². The fourth-order valence-corrected chi connectivity index (χ4v) is 0.139. The van der Waals surface area contributed by atoms with Crippen molar-refractivity contribution in [1.29, 1.82) is 0 Å². The Morgan fingerprint density at radius 3 is 2.67 bits per heavy atom. The van der Waals surface area contributed by atoms with Crippen molar-refractivity contribution in [2.45, 2.75) is 13.3 Å². The predicted octanol–water partition coefficient (Wildman–Crippen LogP) is 1.40. The molecule has 1 N–H and O–H groups in total. The maximum absolute atomic E-state index is 7.61. The monoisotopic (exact) mass is 88.1 g/mol. The van der Waals surface area contributed by atoms with Crippen molar-refractivity contribution in [2.75, 3.05) is 0 Å². The van der Waals surface area contributed by atoms with Gasteiger partial charge >= 0.3 is 0 Å². The highest BCUT2D eigenvalue weighted by Crippen LogP contribution is 1.76. The van der Waals surface area contributed by atoms with Crippen LogP contribution in [-0.2, 0) is 4.89 Å². The molecule has 0 unspecified atom stereocenters. The molecular weight excluding hydrogens is 80.0 g/mol. The van der Waals surface area contributed by atoms with Crippen molar-refractivity contribution in [3.8, 4) is 0 Å². The lowest BCUT2D eigenvalue weighted by atomic mass is 10.5. The van der Waals surface area contributed by atoms with Crippen molar-refractivity contribution in [2.24, 2.45) is 0 Å². The van der Waals surface area contributed by atoms with E-state index in [-0.39, 0.29) is 0 Å². The normalized spacial score (nSPS) is 9.67. The minimum Gasteiger partial charge on any atom is -0.349 e. The maximum Gasteiger partial charge on any atom is 0.125 e. The molecule has 6 heavy (non-hydrogen) atoms. The van der Waals surface area contributed by atoms with Crippen LogP contribution in [0.4, 0.5) is 0 Å². The third-order valence-electron chi connectivity index (χ3n) is 0.393. The second-order valence-corrected chi connectivity index (χ2v) is 0.885. The van der Waals surface area contributed by atoms with E-state index in [0.717, 1.165) is 6.42 Å². The molecule has 0 rings (SSSR count). The Bertz CT molecular complexity index is 34.8. The van der Waals surface area contributed by atoms with Crippen molar-refractivity contribution in [3.05, 3.63) is 12.3 Å². The molecule has 2 heteroatoms. The van der Waals surface area contributed by atoms with Crippen molar-refractivity contribution in [3.63, 3.8) is 0 Å². The summed E-state index contributed by atoms with van der Waals surface area (Å²) in [4.78, 5) is 3.60. The van der Waals surface area contributed by atoms with E-state index < -0.39 is 0 Å². The van der Waals surface area contributed by atoms with Gasteiger partial charge in [0.05, 0.1) is 0 Å². The smallest absolute Gasteiger partial charge is 0.125 e. The summed E-state index contributed by atoms with van der Waals surface area (Å²) in [5.74, 6) is 0. The van der Waals surface area contributed by atoms with Gasteiger partial charge in [-0.1, -0.05) is 6.92 Å². The van der Waals surface area contributed by atoms with E-state index in [4.69, 9.17) is 5.26 Å². The highest BCUT2D eigenvalue weighted by molar-refractivity contribution is 4.68. The fourth-order valence-electron chi connectivity index (χ4n) is 0.139. The molecule has 36 valence electrons. The highest BCUT2D eigenvalue weighted by Gasteiger charge is 1.60. The van der Waals surface area contributed by atoms with E-state index >= 15 is 0 Å². The zero-order valence-electron chi connectivity index (χ0n) is 3.72. The second-order valence-electron chi connectivity index (χ2n) is 0.885. The average molecular weight is 88.1 g/mol. The SMILES string of the molecule is CC/C=C\OO. The fraction of sp³-hybridized carbons (Fsp3) is 0.500. The standard InChI is InChI=1S/C4H8O2/c1-2-3-4-6-5/h3-5H,2H2,1H3/b4-3-. The van der Waals surface area contributed by atoms with Crippen LogP contribution in [0.25, 0.3) is 0 Å². The molecule has 0 spiro atoms. The Morgan fingerprint density at radius 1 is 1.83 bits per heavy atom. The van der Waals surface area contributed by atoms with Crippen LogP contribution < -0.4 is 0 Å². The van der Waals surface area contributed by atoms with Crippen molar-refractivity contribution < 1.29 is 10.1 Å². The molecule has 0 heterocycles. The predicted molar refractivity (Wildman–Crippen MR) is 23.1 cm³/mol. The van der Waals surface area contributed by atoms with Crippen LogP contribution in [0.1, 0.15) is 13.3 Å². The van der Waals surface area contributed by atoms with E-state index in [0.29, 0.717) is 0 Å². The summed E-state index contributed by atoms with van der Waals surface area (Å²) in [5, 5.41) is 7.61. The summed E-state index contributed by atoms with van der Waals surface area (Å²) >= 11 is 0. The Kier molecular flexibility index (Phi) is 4.12. The number of hydrogen-bond acceptors (Lipinski definition) is 2. The van der Waals surface area contributed by atoms with Crippen LogP contribution in [0.2, 0.25) is 0 Å². The van der Waals surface area contributed by atoms with Gasteiger partial charge in [-0.3, -0.25) is 0 Å². The summed E-state index contributed by atoms with van der Waals surface area (Å²) in [6.45, 7) is 1.95. The third kappa shape index (κ3) is 3.50. The number of rotatable bonds is 2. The molecule has 0 amide bonds. The van der Waals surface area contributed by atoms with Gasteiger partial charge in [-0.05, 0) is 12.5 Å².